The van der Waals surface area contributed by atoms with Crippen LogP contribution in [0, 0.1) is 6.92 Å². The predicted octanol–water partition coefficient (Wildman–Crippen LogP) is 5.48. The molecular weight excluding hydrogens is 390 g/mol. The van der Waals surface area contributed by atoms with E-state index in [0.29, 0.717) is 17.2 Å². The lowest BCUT2D eigenvalue weighted by Crippen LogP contribution is -2.38. The van der Waals surface area contributed by atoms with Gasteiger partial charge in [0.25, 0.3) is 0 Å². The van der Waals surface area contributed by atoms with E-state index in [2.05, 4.69) is 37.9 Å². The molecular formula is C26H31NO4. The molecule has 0 spiro atoms. The fourth-order valence-electron chi connectivity index (χ4n) is 4.95. The number of aromatic hydroxyl groups is 1. The number of phenolic OH excluding ortho intramolecular Hbond substituents is 1. The number of fused-ring (bicyclic) bond motifs is 2. The van der Waals surface area contributed by atoms with Crippen LogP contribution < -0.4 is 14.2 Å². The van der Waals surface area contributed by atoms with Crippen molar-refractivity contribution in [1.82, 2.24) is 4.90 Å². The van der Waals surface area contributed by atoms with E-state index in [1.807, 2.05) is 19.1 Å². The van der Waals surface area contributed by atoms with Crippen molar-refractivity contribution in [1.29, 1.82) is 0 Å². The van der Waals surface area contributed by atoms with Crippen molar-refractivity contribution in [2.24, 2.45) is 0 Å². The van der Waals surface area contributed by atoms with Crippen LogP contribution in [0.5, 0.6) is 23.0 Å². The van der Waals surface area contributed by atoms with Gasteiger partial charge in [0.1, 0.15) is 23.0 Å². The Balaban J connectivity index is 2.12. The summed E-state index contributed by atoms with van der Waals surface area (Å²) in [5, 5.41) is 12.2. The maximum atomic E-state index is 10.6. The summed E-state index contributed by atoms with van der Waals surface area (Å²) in [5.41, 5.74) is 5.34. The van der Waals surface area contributed by atoms with Gasteiger partial charge in [0.05, 0.1) is 32.3 Å². The smallest absolute Gasteiger partial charge is 0.135 e. The molecule has 0 aliphatic carbocycles. The standard InChI is InChI=1S/C26H31NO4/c1-14-10-19-18(8-9-20(28)24(19)21(11-14)29-5)25-22(30-6)13-17-12-15(2)27(4)16(3)23(17)26(25)31-7/h8-11,13,15-16,28H,12H2,1-7H3/t15-,16-/m0/s1. The van der Waals surface area contributed by atoms with E-state index >= 15 is 0 Å². The zero-order valence-corrected chi connectivity index (χ0v) is 19.4. The quantitative estimate of drug-likeness (QED) is 0.604. The number of rotatable bonds is 4. The van der Waals surface area contributed by atoms with Crippen LogP contribution in [0.4, 0.5) is 0 Å². The van der Waals surface area contributed by atoms with Gasteiger partial charge in [0, 0.05) is 17.6 Å². The van der Waals surface area contributed by atoms with Crippen molar-refractivity contribution < 1.29 is 19.3 Å². The van der Waals surface area contributed by atoms with Gasteiger partial charge in [-0.05, 0) is 80.6 Å². The van der Waals surface area contributed by atoms with Gasteiger partial charge in [-0.15, -0.1) is 0 Å². The summed E-state index contributed by atoms with van der Waals surface area (Å²) in [6, 6.07) is 10.4. The zero-order valence-electron chi connectivity index (χ0n) is 19.4. The monoisotopic (exact) mass is 421 g/mol. The Morgan fingerprint density at radius 2 is 1.68 bits per heavy atom. The van der Waals surface area contributed by atoms with Gasteiger partial charge in [-0.3, -0.25) is 4.90 Å². The number of ether oxygens (including phenoxy) is 3. The molecule has 31 heavy (non-hydrogen) atoms. The van der Waals surface area contributed by atoms with E-state index in [4.69, 9.17) is 14.2 Å². The zero-order chi connectivity index (χ0) is 22.4. The van der Waals surface area contributed by atoms with Crippen molar-refractivity contribution in [3.8, 4) is 34.1 Å². The number of nitrogens with zero attached hydrogens (tertiary/aromatic N) is 1. The second-order valence-electron chi connectivity index (χ2n) is 8.48. The molecule has 1 heterocycles. The van der Waals surface area contributed by atoms with E-state index in [-0.39, 0.29) is 11.8 Å². The van der Waals surface area contributed by atoms with E-state index in [0.717, 1.165) is 40.0 Å². The van der Waals surface area contributed by atoms with Crippen molar-refractivity contribution in [2.45, 2.75) is 39.3 Å². The van der Waals surface area contributed by atoms with Crippen LogP contribution in [0.1, 0.15) is 36.6 Å². The Labute approximate surface area is 184 Å². The predicted molar refractivity (Wildman–Crippen MR) is 125 cm³/mol. The second-order valence-corrected chi connectivity index (χ2v) is 8.48. The van der Waals surface area contributed by atoms with Crippen molar-refractivity contribution in [2.75, 3.05) is 28.4 Å². The highest BCUT2D eigenvalue weighted by Gasteiger charge is 2.33. The summed E-state index contributed by atoms with van der Waals surface area (Å²) >= 11 is 0. The Morgan fingerprint density at radius 3 is 2.32 bits per heavy atom. The Kier molecular flexibility index (Phi) is 5.48. The number of hydrogen-bond acceptors (Lipinski definition) is 5. The van der Waals surface area contributed by atoms with Gasteiger partial charge >= 0.3 is 0 Å². The third-order valence-corrected chi connectivity index (χ3v) is 6.72. The first kappa shape index (κ1) is 21.3. The summed E-state index contributed by atoms with van der Waals surface area (Å²) < 4.78 is 17.5. The summed E-state index contributed by atoms with van der Waals surface area (Å²) in [6.45, 7) is 6.49. The van der Waals surface area contributed by atoms with Crippen LogP contribution in [0.25, 0.3) is 21.9 Å². The minimum absolute atomic E-state index is 0.188. The van der Waals surface area contributed by atoms with E-state index in [1.165, 1.54) is 11.1 Å². The molecule has 0 aromatic heterocycles. The third-order valence-electron chi connectivity index (χ3n) is 6.72. The lowest BCUT2D eigenvalue weighted by molar-refractivity contribution is 0.175. The third kappa shape index (κ3) is 3.28. The molecule has 4 rings (SSSR count). The molecule has 3 aromatic carbocycles. The van der Waals surface area contributed by atoms with E-state index in [1.54, 1.807) is 27.4 Å². The molecule has 0 radical (unpaired) electrons. The van der Waals surface area contributed by atoms with Crippen LogP contribution in [-0.4, -0.2) is 44.4 Å². The minimum atomic E-state index is 0.188. The number of likely N-dealkylation sites (N-methyl/N-ethyl adjacent to an activating group) is 1. The minimum Gasteiger partial charge on any atom is -0.507 e. The molecule has 5 nitrogen and oxygen atoms in total. The molecule has 1 aliphatic rings. The average Bonchev–Trinajstić information content (AvgIpc) is 2.76. The number of benzene rings is 3. The summed E-state index contributed by atoms with van der Waals surface area (Å²) in [5.74, 6) is 2.43. The Morgan fingerprint density at radius 1 is 0.968 bits per heavy atom. The largest absolute Gasteiger partial charge is 0.507 e. The SMILES string of the molecule is COc1cc2c(c(OC)c1-c1ccc(O)c3c(OC)cc(C)cc13)[C@H](C)N(C)[C@@H](C)C2. The van der Waals surface area contributed by atoms with Crippen LogP contribution in [0.2, 0.25) is 0 Å². The van der Waals surface area contributed by atoms with Crippen molar-refractivity contribution in [3.63, 3.8) is 0 Å². The summed E-state index contributed by atoms with van der Waals surface area (Å²) in [6.07, 6.45) is 0.937. The molecule has 1 N–H and O–H groups in total. The van der Waals surface area contributed by atoms with Gasteiger partial charge < -0.3 is 19.3 Å². The molecule has 2 atom stereocenters. The molecule has 0 fully saturated rings. The molecule has 164 valence electrons. The normalized spacial score (nSPS) is 18.7. The fraction of sp³-hybridized carbons (Fsp3) is 0.385. The fourth-order valence-corrected chi connectivity index (χ4v) is 4.95. The maximum Gasteiger partial charge on any atom is 0.135 e. The highest BCUT2D eigenvalue weighted by atomic mass is 16.5. The number of methoxy groups -OCH3 is 3. The Hall–Kier alpha value is -2.92. The van der Waals surface area contributed by atoms with Gasteiger partial charge in [0.2, 0.25) is 0 Å². The molecule has 5 heteroatoms. The van der Waals surface area contributed by atoms with Crippen molar-refractivity contribution >= 4 is 10.8 Å². The van der Waals surface area contributed by atoms with Gasteiger partial charge in [-0.1, -0.05) is 6.07 Å². The summed E-state index contributed by atoms with van der Waals surface area (Å²) in [7, 11) is 7.20. The molecule has 1 aliphatic heterocycles. The molecule has 0 saturated heterocycles. The summed E-state index contributed by atoms with van der Waals surface area (Å²) in [4.78, 5) is 2.38. The van der Waals surface area contributed by atoms with Crippen LogP contribution in [0.3, 0.4) is 0 Å². The molecule has 3 aromatic rings. The number of phenols is 1. The maximum absolute atomic E-state index is 10.6. The van der Waals surface area contributed by atoms with Crippen LogP contribution in [-0.2, 0) is 6.42 Å². The van der Waals surface area contributed by atoms with Gasteiger partial charge in [-0.2, -0.15) is 0 Å². The van der Waals surface area contributed by atoms with Crippen LogP contribution in [0.15, 0.2) is 30.3 Å². The molecule has 0 saturated carbocycles. The first-order chi connectivity index (χ1) is 14.8. The molecule has 0 unspecified atom stereocenters. The Bertz CT molecular complexity index is 1150. The lowest BCUT2D eigenvalue weighted by atomic mass is 9.84. The average molecular weight is 422 g/mol. The second kappa shape index (κ2) is 7.97. The topological polar surface area (TPSA) is 51.2 Å². The lowest BCUT2D eigenvalue weighted by Gasteiger charge is -2.39. The van der Waals surface area contributed by atoms with Crippen molar-refractivity contribution in [3.05, 3.63) is 47.0 Å². The van der Waals surface area contributed by atoms with E-state index < -0.39 is 0 Å². The first-order valence-corrected chi connectivity index (χ1v) is 10.6. The molecule has 0 amide bonds. The number of aryl methyl sites for hydroxylation is 1. The molecule has 0 bridgehead atoms. The van der Waals surface area contributed by atoms with E-state index in [9.17, 15) is 5.11 Å². The van der Waals surface area contributed by atoms with Gasteiger partial charge in [-0.25, -0.2) is 0 Å². The highest BCUT2D eigenvalue weighted by molar-refractivity contribution is 6.05. The first-order valence-electron chi connectivity index (χ1n) is 10.6. The highest BCUT2D eigenvalue weighted by Crippen LogP contribution is 2.51. The number of hydrogen-bond donors (Lipinski definition) is 1. The van der Waals surface area contributed by atoms with Gasteiger partial charge in [0.15, 0.2) is 0 Å². The van der Waals surface area contributed by atoms with Crippen LogP contribution >= 0.6 is 0 Å².